The second-order valence-corrected chi connectivity index (χ2v) is 5.54. The summed E-state index contributed by atoms with van der Waals surface area (Å²) in [5, 5.41) is -0.258. The van der Waals surface area contributed by atoms with Crippen molar-refractivity contribution in [3.8, 4) is 5.69 Å². The van der Waals surface area contributed by atoms with Gasteiger partial charge in [-0.3, -0.25) is 4.57 Å². The van der Waals surface area contributed by atoms with Crippen LogP contribution in [0.2, 0.25) is 0 Å². The molecule has 1 unspecified atom stereocenters. The van der Waals surface area contributed by atoms with Crippen LogP contribution in [0.25, 0.3) is 16.7 Å². The van der Waals surface area contributed by atoms with Crippen LogP contribution in [0.4, 0.5) is 4.39 Å². The van der Waals surface area contributed by atoms with E-state index in [1.807, 2.05) is 42.7 Å². The Bertz CT molecular complexity index is 760. The number of benzene rings is 2. The summed E-state index contributed by atoms with van der Waals surface area (Å²) in [5.41, 5.74) is 3.59. The van der Waals surface area contributed by atoms with E-state index < -0.39 is 0 Å². The monoisotopic (exact) mass is 288 g/mol. The lowest BCUT2D eigenvalue weighted by atomic mass is 10.2. The first-order valence-corrected chi connectivity index (χ1v) is 6.89. The lowest BCUT2D eigenvalue weighted by molar-refractivity contribution is 0.629. The minimum atomic E-state index is -0.278. The van der Waals surface area contributed by atoms with Crippen LogP contribution in [0.5, 0.6) is 0 Å². The van der Waals surface area contributed by atoms with Gasteiger partial charge in [-0.1, -0.05) is 17.7 Å². The first kappa shape index (κ1) is 13.1. The highest BCUT2D eigenvalue weighted by molar-refractivity contribution is 6.20. The van der Waals surface area contributed by atoms with E-state index in [1.165, 1.54) is 17.7 Å². The SMILES string of the molecule is Cc1ccc(-n2c(C(C)Cl)nc3ccc(F)cc32)cc1. The summed E-state index contributed by atoms with van der Waals surface area (Å²) in [4.78, 5) is 4.52. The number of nitrogens with zero attached hydrogens (tertiary/aromatic N) is 2. The van der Waals surface area contributed by atoms with Gasteiger partial charge >= 0.3 is 0 Å². The van der Waals surface area contributed by atoms with Crippen molar-refractivity contribution in [3.05, 3.63) is 59.7 Å². The highest BCUT2D eigenvalue weighted by Gasteiger charge is 2.16. The minimum absolute atomic E-state index is 0.258. The summed E-state index contributed by atoms with van der Waals surface area (Å²) in [5.74, 6) is 0.440. The van der Waals surface area contributed by atoms with E-state index in [0.717, 1.165) is 22.5 Å². The fraction of sp³-hybridized carbons (Fsp3) is 0.188. The van der Waals surface area contributed by atoms with Crippen LogP contribution in [-0.4, -0.2) is 9.55 Å². The van der Waals surface area contributed by atoms with Crippen LogP contribution >= 0.6 is 11.6 Å². The van der Waals surface area contributed by atoms with Gasteiger partial charge in [-0.05, 0) is 38.1 Å². The van der Waals surface area contributed by atoms with E-state index in [2.05, 4.69) is 4.98 Å². The third-order valence-electron chi connectivity index (χ3n) is 3.29. The molecule has 0 aliphatic rings. The largest absolute Gasteiger partial charge is 0.295 e. The van der Waals surface area contributed by atoms with Gasteiger partial charge < -0.3 is 0 Å². The summed E-state index contributed by atoms with van der Waals surface area (Å²) in [7, 11) is 0. The molecule has 0 radical (unpaired) electrons. The molecule has 0 bridgehead atoms. The van der Waals surface area contributed by atoms with Crippen molar-refractivity contribution in [3.63, 3.8) is 0 Å². The zero-order valence-corrected chi connectivity index (χ0v) is 12.0. The van der Waals surface area contributed by atoms with Gasteiger partial charge in [0.15, 0.2) is 0 Å². The van der Waals surface area contributed by atoms with E-state index in [4.69, 9.17) is 11.6 Å². The normalized spacial score (nSPS) is 12.8. The molecule has 0 saturated carbocycles. The number of halogens is 2. The van der Waals surface area contributed by atoms with Crippen molar-refractivity contribution in [1.29, 1.82) is 0 Å². The molecular formula is C16H14ClFN2. The molecule has 2 aromatic carbocycles. The van der Waals surface area contributed by atoms with Gasteiger partial charge in [0, 0.05) is 11.8 Å². The van der Waals surface area contributed by atoms with Crippen molar-refractivity contribution in [2.75, 3.05) is 0 Å². The van der Waals surface area contributed by atoms with Crippen LogP contribution < -0.4 is 0 Å². The average molecular weight is 289 g/mol. The molecular weight excluding hydrogens is 275 g/mol. The Morgan fingerprint density at radius 1 is 1.15 bits per heavy atom. The third kappa shape index (κ3) is 2.18. The highest BCUT2D eigenvalue weighted by Crippen LogP contribution is 2.28. The molecule has 4 heteroatoms. The maximum atomic E-state index is 13.5. The lowest BCUT2D eigenvalue weighted by Crippen LogP contribution is -2.01. The Kier molecular flexibility index (Phi) is 3.22. The highest BCUT2D eigenvalue weighted by atomic mass is 35.5. The molecule has 0 aliphatic heterocycles. The van der Waals surface area contributed by atoms with Crippen molar-refractivity contribution in [2.45, 2.75) is 19.2 Å². The van der Waals surface area contributed by atoms with Crippen LogP contribution in [-0.2, 0) is 0 Å². The molecule has 2 nitrogen and oxygen atoms in total. The molecule has 3 aromatic rings. The smallest absolute Gasteiger partial charge is 0.132 e. The molecule has 102 valence electrons. The number of aryl methyl sites for hydroxylation is 1. The first-order chi connectivity index (χ1) is 9.56. The number of alkyl halides is 1. The minimum Gasteiger partial charge on any atom is -0.295 e. The zero-order valence-electron chi connectivity index (χ0n) is 11.3. The number of rotatable bonds is 2. The lowest BCUT2D eigenvalue weighted by Gasteiger charge is -2.11. The predicted octanol–water partition coefficient (Wildman–Crippen LogP) is 4.77. The summed E-state index contributed by atoms with van der Waals surface area (Å²) < 4.78 is 15.4. The van der Waals surface area contributed by atoms with E-state index in [9.17, 15) is 4.39 Å². The van der Waals surface area contributed by atoms with E-state index in [0.29, 0.717) is 0 Å². The summed E-state index contributed by atoms with van der Waals surface area (Å²) in [6.45, 7) is 3.89. The molecule has 0 saturated heterocycles. The molecule has 0 N–H and O–H groups in total. The van der Waals surface area contributed by atoms with Gasteiger partial charge in [0.05, 0.1) is 16.4 Å². The third-order valence-corrected chi connectivity index (χ3v) is 3.49. The molecule has 3 rings (SSSR count). The molecule has 20 heavy (non-hydrogen) atoms. The van der Waals surface area contributed by atoms with Crippen LogP contribution in [0.1, 0.15) is 23.7 Å². The Hall–Kier alpha value is -1.87. The number of imidazole rings is 1. The van der Waals surface area contributed by atoms with E-state index >= 15 is 0 Å². The molecule has 1 heterocycles. The van der Waals surface area contributed by atoms with Gasteiger partial charge in [-0.15, -0.1) is 11.6 Å². The van der Waals surface area contributed by atoms with Crippen molar-refractivity contribution >= 4 is 22.6 Å². The van der Waals surface area contributed by atoms with Gasteiger partial charge in [-0.2, -0.15) is 0 Å². The molecule has 0 aliphatic carbocycles. The predicted molar refractivity (Wildman–Crippen MR) is 80.0 cm³/mol. The maximum absolute atomic E-state index is 13.5. The zero-order chi connectivity index (χ0) is 14.3. The number of fused-ring (bicyclic) bond motifs is 1. The Labute approximate surface area is 121 Å². The molecule has 0 spiro atoms. The summed E-state index contributed by atoms with van der Waals surface area (Å²) in [6.07, 6.45) is 0. The molecule has 1 aromatic heterocycles. The Balaban J connectivity index is 2.33. The van der Waals surface area contributed by atoms with Crippen LogP contribution in [0.15, 0.2) is 42.5 Å². The quantitative estimate of drug-likeness (QED) is 0.621. The molecule has 1 atom stereocenters. The number of hydrogen-bond donors (Lipinski definition) is 0. The Morgan fingerprint density at radius 2 is 1.85 bits per heavy atom. The fourth-order valence-corrected chi connectivity index (χ4v) is 2.45. The average Bonchev–Trinajstić information content (AvgIpc) is 2.78. The standard InChI is InChI=1S/C16H14ClFN2/c1-10-3-6-13(7-4-10)20-15-9-12(18)5-8-14(15)19-16(20)11(2)17/h3-9,11H,1-2H3. The molecule has 0 amide bonds. The number of hydrogen-bond acceptors (Lipinski definition) is 1. The molecule has 0 fully saturated rings. The van der Waals surface area contributed by atoms with Crippen molar-refractivity contribution in [2.24, 2.45) is 0 Å². The second kappa shape index (κ2) is 4.91. The Morgan fingerprint density at radius 3 is 2.50 bits per heavy atom. The van der Waals surface area contributed by atoms with Gasteiger partial charge in [0.1, 0.15) is 11.6 Å². The van der Waals surface area contributed by atoms with Crippen LogP contribution in [0, 0.1) is 12.7 Å². The topological polar surface area (TPSA) is 17.8 Å². The summed E-state index contributed by atoms with van der Waals surface area (Å²) in [6, 6.07) is 12.6. The van der Waals surface area contributed by atoms with E-state index in [1.54, 1.807) is 6.07 Å². The maximum Gasteiger partial charge on any atom is 0.132 e. The van der Waals surface area contributed by atoms with E-state index in [-0.39, 0.29) is 11.2 Å². The first-order valence-electron chi connectivity index (χ1n) is 6.45. The summed E-state index contributed by atoms with van der Waals surface area (Å²) >= 11 is 6.22. The second-order valence-electron chi connectivity index (χ2n) is 4.89. The number of aromatic nitrogens is 2. The van der Waals surface area contributed by atoms with Gasteiger partial charge in [0.2, 0.25) is 0 Å². The van der Waals surface area contributed by atoms with Crippen molar-refractivity contribution in [1.82, 2.24) is 9.55 Å². The van der Waals surface area contributed by atoms with Gasteiger partial charge in [-0.25, -0.2) is 9.37 Å². The van der Waals surface area contributed by atoms with Crippen molar-refractivity contribution < 1.29 is 4.39 Å². The van der Waals surface area contributed by atoms with Crippen LogP contribution in [0.3, 0.4) is 0 Å². The van der Waals surface area contributed by atoms with Gasteiger partial charge in [0.25, 0.3) is 0 Å². The fourth-order valence-electron chi connectivity index (χ4n) is 2.30.